The van der Waals surface area contributed by atoms with Gasteiger partial charge in [0.05, 0.1) is 0 Å². The highest BCUT2D eigenvalue weighted by Crippen LogP contribution is 2.33. The van der Waals surface area contributed by atoms with E-state index in [1.54, 1.807) is 18.2 Å². The fraction of sp³-hybridized carbons (Fsp3) is 0.182. The van der Waals surface area contributed by atoms with Gasteiger partial charge in [0.1, 0.15) is 0 Å². The van der Waals surface area contributed by atoms with Gasteiger partial charge in [-0.25, -0.2) is 0 Å². The standard InChI is InChI=1S/C11H11N2OS/c1-9-7-13(11(15-9)12-8-14)10-5-3-2-4-6-10/h2-7,11H,1H3,(H,12,14). The molecule has 0 saturated carbocycles. The van der Waals surface area contributed by atoms with Crippen molar-refractivity contribution >= 4 is 23.9 Å². The monoisotopic (exact) mass is 219 g/mol. The Hall–Kier alpha value is -1.42. The topological polar surface area (TPSA) is 32.3 Å². The summed E-state index contributed by atoms with van der Waals surface area (Å²) >= 11 is 1.61. The van der Waals surface area contributed by atoms with Crippen LogP contribution in [0.1, 0.15) is 6.92 Å². The first-order valence-electron chi connectivity index (χ1n) is 4.62. The van der Waals surface area contributed by atoms with Crippen molar-refractivity contribution in [2.75, 3.05) is 4.90 Å². The minimum absolute atomic E-state index is 0.0788. The molecule has 0 aromatic heterocycles. The second-order valence-corrected chi connectivity index (χ2v) is 4.53. The Bertz CT molecular complexity index is 377. The number of rotatable bonds is 3. The molecule has 0 aliphatic carbocycles. The van der Waals surface area contributed by atoms with Crippen LogP contribution in [0.2, 0.25) is 0 Å². The number of carbonyl (C=O) groups excluding carboxylic acids is 1. The van der Waals surface area contributed by atoms with Gasteiger partial charge >= 0.3 is 6.41 Å². The van der Waals surface area contributed by atoms with Crippen LogP contribution >= 0.6 is 11.8 Å². The van der Waals surface area contributed by atoms with E-state index >= 15 is 0 Å². The molecule has 1 aromatic rings. The average Bonchev–Trinajstić information content (AvgIpc) is 2.62. The predicted octanol–water partition coefficient (Wildman–Crippen LogP) is 2.04. The Morgan fingerprint density at radius 2 is 2.13 bits per heavy atom. The lowest BCUT2D eigenvalue weighted by molar-refractivity contribution is 0.540. The SMILES string of the molecule is CC1=CN(c2ccccc2)C(N[C]=O)S1. The number of thioether (sulfide) groups is 1. The van der Waals surface area contributed by atoms with Crippen molar-refractivity contribution in [3.05, 3.63) is 41.4 Å². The normalized spacial score (nSPS) is 19.9. The number of benzene rings is 1. The van der Waals surface area contributed by atoms with Gasteiger partial charge in [0.15, 0.2) is 5.50 Å². The first-order chi connectivity index (χ1) is 7.31. The number of amides is 1. The molecule has 1 aliphatic heterocycles. The maximum atomic E-state index is 10.3. The lowest BCUT2D eigenvalue weighted by atomic mass is 10.3. The van der Waals surface area contributed by atoms with E-state index in [1.165, 1.54) is 4.91 Å². The largest absolute Gasteiger partial charge is 0.318 e. The van der Waals surface area contributed by atoms with E-state index in [1.807, 2.05) is 48.4 Å². The van der Waals surface area contributed by atoms with E-state index in [2.05, 4.69) is 5.32 Å². The maximum absolute atomic E-state index is 10.3. The Balaban J connectivity index is 2.23. The van der Waals surface area contributed by atoms with E-state index in [-0.39, 0.29) is 5.50 Å². The Morgan fingerprint density at radius 3 is 2.80 bits per heavy atom. The summed E-state index contributed by atoms with van der Waals surface area (Å²) in [5.41, 5.74) is 0.986. The van der Waals surface area contributed by atoms with Gasteiger partial charge in [-0.2, -0.15) is 0 Å². The third kappa shape index (κ3) is 2.15. The number of para-hydroxylation sites is 1. The van der Waals surface area contributed by atoms with Crippen molar-refractivity contribution in [1.29, 1.82) is 0 Å². The van der Waals surface area contributed by atoms with Gasteiger partial charge in [0, 0.05) is 16.8 Å². The highest BCUT2D eigenvalue weighted by Gasteiger charge is 2.23. The van der Waals surface area contributed by atoms with Crippen molar-refractivity contribution in [2.24, 2.45) is 0 Å². The molecular weight excluding hydrogens is 208 g/mol. The first kappa shape index (κ1) is 10.1. The molecular formula is C11H11N2OS. The second kappa shape index (κ2) is 4.40. The van der Waals surface area contributed by atoms with E-state index in [4.69, 9.17) is 0 Å². The Kier molecular flexibility index (Phi) is 2.97. The number of allylic oxidation sites excluding steroid dienone is 1. The summed E-state index contributed by atoms with van der Waals surface area (Å²) in [4.78, 5) is 13.5. The average molecular weight is 219 g/mol. The minimum Gasteiger partial charge on any atom is -0.318 e. The van der Waals surface area contributed by atoms with Crippen LogP contribution in [0.4, 0.5) is 5.69 Å². The molecule has 1 heterocycles. The van der Waals surface area contributed by atoms with Crippen molar-refractivity contribution in [2.45, 2.75) is 12.4 Å². The highest BCUT2D eigenvalue weighted by atomic mass is 32.2. The van der Waals surface area contributed by atoms with Gasteiger partial charge in [0.25, 0.3) is 0 Å². The molecule has 1 amide bonds. The first-order valence-corrected chi connectivity index (χ1v) is 5.50. The lowest BCUT2D eigenvalue weighted by Gasteiger charge is -2.23. The van der Waals surface area contributed by atoms with Crippen molar-refractivity contribution in [1.82, 2.24) is 5.32 Å². The summed E-state index contributed by atoms with van der Waals surface area (Å²) in [6.07, 6.45) is 3.76. The zero-order valence-electron chi connectivity index (χ0n) is 8.31. The van der Waals surface area contributed by atoms with E-state index in [0.29, 0.717) is 0 Å². The Labute approximate surface area is 93.2 Å². The summed E-state index contributed by atoms with van der Waals surface area (Å²) in [6, 6.07) is 9.94. The Morgan fingerprint density at radius 1 is 1.40 bits per heavy atom. The second-order valence-electron chi connectivity index (χ2n) is 3.20. The molecule has 4 heteroatoms. The van der Waals surface area contributed by atoms with Gasteiger partial charge in [0.2, 0.25) is 0 Å². The number of nitrogens with one attached hydrogen (secondary N) is 1. The van der Waals surface area contributed by atoms with Gasteiger partial charge in [-0.1, -0.05) is 30.0 Å². The summed E-state index contributed by atoms with van der Waals surface area (Å²) in [7, 11) is 0. The van der Waals surface area contributed by atoms with Gasteiger partial charge < -0.3 is 10.2 Å². The summed E-state index contributed by atoms with van der Waals surface area (Å²) in [5.74, 6) is 0. The quantitative estimate of drug-likeness (QED) is 0.790. The molecule has 0 saturated heterocycles. The van der Waals surface area contributed by atoms with E-state index in [9.17, 15) is 4.79 Å². The van der Waals surface area contributed by atoms with E-state index in [0.717, 1.165) is 5.69 Å². The molecule has 1 radical (unpaired) electrons. The van der Waals surface area contributed by atoms with Crippen LogP contribution in [0, 0.1) is 0 Å². The van der Waals surface area contributed by atoms with Crippen LogP contribution in [-0.2, 0) is 4.79 Å². The molecule has 77 valence electrons. The molecule has 0 bridgehead atoms. The van der Waals surface area contributed by atoms with Gasteiger partial charge in [-0.3, -0.25) is 4.79 Å². The number of hydrogen-bond donors (Lipinski definition) is 1. The lowest BCUT2D eigenvalue weighted by Crippen LogP contribution is -2.36. The smallest absolute Gasteiger partial charge is 0.311 e. The molecule has 15 heavy (non-hydrogen) atoms. The van der Waals surface area contributed by atoms with Gasteiger partial charge in [-0.15, -0.1) is 0 Å². The fourth-order valence-corrected chi connectivity index (χ4v) is 2.42. The van der Waals surface area contributed by atoms with Crippen molar-refractivity contribution < 1.29 is 4.79 Å². The van der Waals surface area contributed by atoms with Crippen LogP contribution < -0.4 is 10.2 Å². The molecule has 1 aliphatic rings. The van der Waals surface area contributed by atoms with Gasteiger partial charge in [-0.05, 0) is 19.1 Å². The maximum Gasteiger partial charge on any atom is 0.311 e. The van der Waals surface area contributed by atoms with Crippen molar-refractivity contribution in [3.63, 3.8) is 0 Å². The number of anilines is 1. The molecule has 1 atom stereocenters. The molecule has 0 spiro atoms. The molecule has 1 unspecified atom stereocenters. The molecule has 0 fully saturated rings. The summed E-state index contributed by atoms with van der Waals surface area (Å²) in [6.45, 7) is 2.02. The van der Waals surface area contributed by atoms with E-state index < -0.39 is 0 Å². The molecule has 1 N–H and O–H groups in total. The predicted molar refractivity (Wildman–Crippen MR) is 62.9 cm³/mol. The third-order valence-corrected chi connectivity index (χ3v) is 3.15. The number of nitrogens with zero attached hydrogens (tertiary/aromatic N) is 1. The third-order valence-electron chi connectivity index (χ3n) is 2.11. The van der Waals surface area contributed by atoms with Crippen molar-refractivity contribution in [3.8, 4) is 0 Å². The molecule has 1 aromatic carbocycles. The zero-order chi connectivity index (χ0) is 10.7. The fourth-order valence-electron chi connectivity index (χ4n) is 1.49. The van der Waals surface area contributed by atoms with Crippen LogP contribution in [0.3, 0.4) is 0 Å². The molecule has 3 nitrogen and oxygen atoms in total. The highest BCUT2D eigenvalue weighted by molar-refractivity contribution is 8.04. The van der Waals surface area contributed by atoms with Crippen LogP contribution in [0.15, 0.2) is 41.4 Å². The minimum atomic E-state index is -0.0788. The zero-order valence-corrected chi connectivity index (χ0v) is 9.12. The van der Waals surface area contributed by atoms with Crippen LogP contribution in [0.5, 0.6) is 0 Å². The number of hydrogen-bond acceptors (Lipinski definition) is 3. The summed E-state index contributed by atoms with van der Waals surface area (Å²) < 4.78 is 0. The summed E-state index contributed by atoms with van der Waals surface area (Å²) in [5, 5.41) is 2.65. The van der Waals surface area contributed by atoms with Crippen LogP contribution in [-0.4, -0.2) is 11.9 Å². The van der Waals surface area contributed by atoms with Crippen LogP contribution in [0.25, 0.3) is 0 Å². The molecule has 2 rings (SSSR count).